The summed E-state index contributed by atoms with van der Waals surface area (Å²) in [7, 11) is 0. The molecule has 0 atom stereocenters. The lowest BCUT2D eigenvalue weighted by atomic mass is 9.48. The first-order valence-corrected chi connectivity index (χ1v) is 8.45. The van der Waals surface area contributed by atoms with E-state index in [1.807, 2.05) is 0 Å². The topological polar surface area (TPSA) is 17.1 Å². The summed E-state index contributed by atoms with van der Waals surface area (Å²) in [6.45, 7) is 0. The summed E-state index contributed by atoms with van der Waals surface area (Å²) in [6, 6.07) is 0. The van der Waals surface area contributed by atoms with Crippen LogP contribution in [0.2, 0.25) is 0 Å². The molecule has 5 aliphatic rings. The van der Waals surface area contributed by atoms with Gasteiger partial charge in [-0.1, -0.05) is 6.08 Å². The molecule has 0 spiro atoms. The molecule has 4 saturated carbocycles. The summed E-state index contributed by atoms with van der Waals surface area (Å²) >= 11 is 0. The van der Waals surface area contributed by atoms with Gasteiger partial charge < -0.3 is 0 Å². The van der Waals surface area contributed by atoms with Crippen LogP contribution in [0.4, 0.5) is 0 Å². The standard InChI is InChI=1S/C18H26O/c19-17(16-4-2-1-3-5-16)12-18-9-13-6-14(10-18)8-15(7-13)11-18/h4,13-15H,1-3,5-12H2. The van der Waals surface area contributed by atoms with E-state index in [1.165, 1.54) is 56.9 Å². The lowest BCUT2D eigenvalue weighted by Gasteiger charge is -2.56. The third-order valence-electron chi connectivity index (χ3n) is 6.35. The molecule has 0 aliphatic heterocycles. The van der Waals surface area contributed by atoms with Crippen molar-refractivity contribution in [3.63, 3.8) is 0 Å². The lowest BCUT2D eigenvalue weighted by molar-refractivity contribution is -0.124. The molecule has 0 aromatic carbocycles. The molecule has 0 aromatic heterocycles. The van der Waals surface area contributed by atoms with E-state index in [4.69, 9.17) is 0 Å². The minimum Gasteiger partial charge on any atom is -0.295 e. The number of carbonyl (C=O) groups is 1. The number of rotatable bonds is 3. The number of allylic oxidation sites excluding steroid dienone is 2. The van der Waals surface area contributed by atoms with Crippen molar-refractivity contribution in [3.8, 4) is 0 Å². The molecule has 0 N–H and O–H groups in total. The first-order valence-electron chi connectivity index (χ1n) is 8.45. The largest absolute Gasteiger partial charge is 0.295 e. The minimum atomic E-state index is 0.435. The summed E-state index contributed by atoms with van der Waals surface area (Å²) in [4.78, 5) is 12.6. The van der Waals surface area contributed by atoms with Crippen LogP contribution < -0.4 is 0 Å². The van der Waals surface area contributed by atoms with Crippen molar-refractivity contribution in [2.75, 3.05) is 0 Å². The summed E-state index contributed by atoms with van der Waals surface area (Å²) in [5.74, 6) is 3.43. The number of hydrogen-bond donors (Lipinski definition) is 0. The Kier molecular flexibility index (Phi) is 2.86. The molecule has 1 heteroatoms. The minimum absolute atomic E-state index is 0.435. The van der Waals surface area contributed by atoms with Crippen molar-refractivity contribution in [1.29, 1.82) is 0 Å². The van der Waals surface area contributed by atoms with E-state index < -0.39 is 0 Å². The van der Waals surface area contributed by atoms with Gasteiger partial charge in [0.1, 0.15) is 0 Å². The zero-order valence-electron chi connectivity index (χ0n) is 12.0. The van der Waals surface area contributed by atoms with Crippen LogP contribution in [0, 0.1) is 23.2 Å². The summed E-state index contributed by atoms with van der Waals surface area (Å²) in [5.41, 5.74) is 1.62. The van der Waals surface area contributed by atoms with E-state index in [1.54, 1.807) is 0 Å². The van der Waals surface area contributed by atoms with Gasteiger partial charge in [0.25, 0.3) is 0 Å². The molecule has 0 saturated heterocycles. The van der Waals surface area contributed by atoms with Gasteiger partial charge in [-0.05, 0) is 93.0 Å². The monoisotopic (exact) mass is 258 g/mol. The van der Waals surface area contributed by atoms with Gasteiger partial charge >= 0.3 is 0 Å². The highest BCUT2D eigenvalue weighted by molar-refractivity contribution is 5.95. The molecular formula is C18H26O. The van der Waals surface area contributed by atoms with Crippen LogP contribution in [-0.4, -0.2) is 5.78 Å². The molecule has 19 heavy (non-hydrogen) atoms. The number of Topliss-reactive ketones (excluding diaryl/α,β-unsaturated/α-hetero) is 1. The molecule has 0 aromatic rings. The fourth-order valence-electron chi connectivity index (χ4n) is 6.05. The van der Waals surface area contributed by atoms with E-state index >= 15 is 0 Å². The van der Waals surface area contributed by atoms with Crippen molar-refractivity contribution in [3.05, 3.63) is 11.6 Å². The maximum absolute atomic E-state index is 12.6. The molecule has 4 bridgehead atoms. The van der Waals surface area contributed by atoms with Crippen LogP contribution in [-0.2, 0) is 4.79 Å². The maximum atomic E-state index is 12.6. The van der Waals surface area contributed by atoms with Crippen molar-refractivity contribution >= 4 is 5.78 Å². The molecular weight excluding hydrogens is 232 g/mol. The van der Waals surface area contributed by atoms with Crippen LogP contribution in [0.15, 0.2) is 11.6 Å². The zero-order valence-corrected chi connectivity index (χ0v) is 12.0. The Hall–Kier alpha value is -0.590. The van der Waals surface area contributed by atoms with Crippen LogP contribution in [0.3, 0.4) is 0 Å². The Bertz CT molecular complexity index is 382. The average Bonchev–Trinajstić information content (AvgIpc) is 2.37. The Morgan fingerprint density at radius 3 is 2.21 bits per heavy atom. The van der Waals surface area contributed by atoms with E-state index in [-0.39, 0.29) is 0 Å². The molecule has 0 heterocycles. The van der Waals surface area contributed by atoms with Crippen LogP contribution in [0.5, 0.6) is 0 Å². The first kappa shape index (κ1) is 12.2. The van der Waals surface area contributed by atoms with E-state index in [2.05, 4.69) is 6.08 Å². The predicted molar refractivity (Wildman–Crippen MR) is 76.8 cm³/mol. The van der Waals surface area contributed by atoms with Gasteiger partial charge in [-0.25, -0.2) is 0 Å². The highest BCUT2D eigenvalue weighted by Gasteiger charge is 2.51. The molecule has 0 amide bonds. The van der Waals surface area contributed by atoms with Crippen LogP contribution in [0.25, 0.3) is 0 Å². The smallest absolute Gasteiger partial charge is 0.159 e. The Balaban J connectivity index is 1.50. The second-order valence-electron chi connectivity index (χ2n) is 7.99. The van der Waals surface area contributed by atoms with Crippen LogP contribution in [0.1, 0.15) is 70.6 Å². The Morgan fingerprint density at radius 1 is 1.05 bits per heavy atom. The van der Waals surface area contributed by atoms with Crippen molar-refractivity contribution < 1.29 is 4.79 Å². The molecule has 1 nitrogen and oxygen atoms in total. The molecule has 5 rings (SSSR count). The van der Waals surface area contributed by atoms with Gasteiger partial charge in [-0.2, -0.15) is 0 Å². The molecule has 5 aliphatic carbocycles. The summed E-state index contributed by atoms with van der Waals surface area (Å²) in [5, 5.41) is 0. The van der Waals surface area contributed by atoms with E-state index in [0.29, 0.717) is 11.2 Å². The van der Waals surface area contributed by atoms with Gasteiger partial charge in [0.05, 0.1) is 0 Å². The second kappa shape index (κ2) is 4.46. The fraction of sp³-hybridized carbons (Fsp3) is 0.833. The number of carbonyl (C=O) groups excluding carboxylic acids is 1. The predicted octanol–water partition coefficient (Wildman–Crippen LogP) is 4.66. The van der Waals surface area contributed by atoms with E-state index in [0.717, 1.165) is 37.0 Å². The van der Waals surface area contributed by atoms with Gasteiger partial charge in [0, 0.05) is 6.42 Å². The molecule has 4 fully saturated rings. The van der Waals surface area contributed by atoms with Crippen molar-refractivity contribution in [2.24, 2.45) is 23.2 Å². The summed E-state index contributed by atoms with van der Waals surface area (Å²) in [6.07, 6.45) is 16.4. The normalized spacial score (nSPS) is 44.2. The second-order valence-corrected chi connectivity index (χ2v) is 7.99. The highest BCUT2D eigenvalue weighted by Crippen LogP contribution is 2.61. The SMILES string of the molecule is O=C(CC12CC3CC(CC(C3)C1)C2)C1=CCCCC1. The number of hydrogen-bond acceptors (Lipinski definition) is 1. The Morgan fingerprint density at radius 2 is 1.68 bits per heavy atom. The van der Waals surface area contributed by atoms with Gasteiger partial charge in [-0.15, -0.1) is 0 Å². The van der Waals surface area contributed by atoms with Crippen molar-refractivity contribution in [2.45, 2.75) is 70.6 Å². The maximum Gasteiger partial charge on any atom is 0.159 e. The molecule has 104 valence electrons. The van der Waals surface area contributed by atoms with Gasteiger partial charge in [0.2, 0.25) is 0 Å². The quantitative estimate of drug-likeness (QED) is 0.719. The zero-order chi connectivity index (χ0) is 12.9. The van der Waals surface area contributed by atoms with Gasteiger partial charge in [-0.3, -0.25) is 4.79 Å². The van der Waals surface area contributed by atoms with Crippen LogP contribution >= 0.6 is 0 Å². The van der Waals surface area contributed by atoms with Gasteiger partial charge in [0.15, 0.2) is 5.78 Å². The van der Waals surface area contributed by atoms with Crippen molar-refractivity contribution in [1.82, 2.24) is 0 Å². The average molecular weight is 258 g/mol. The molecule has 0 unspecified atom stereocenters. The fourth-order valence-corrected chi connectivity index (χ4v) is 6.05. The van der Waals surface area contributed by atoms with E-state index in [9.17, 15) is 4.79 Å². The summed E-state index contributed by atoms with van der Waals surface area (Å²) < 4.78 is 0. The molecule has 0 radical (unpaired) electrons. The Labute approximate surface area is 116 Å². The first-order chi connectivity index (χ1) is 9.22. The third kappa shape index (κ3) is 2.19. The third-order valence-corrected chi connectivity index (χ3v) is 6.35. The number of ketones is 1. The lowest BCUT2D eigenvalue weighted by Crippen LogP contribution is -2.47. The highest BCUT2D eigenvalue weighted by atomic mass is 16.1.